The van der Waals surface area contributed by atoms with Gasteiger partial charge in [0.25, 0.3) is 5.91 Å². The SMILES string of the molecule is CC(=O)OC(Cc1ccc(O)cc1)C(=O)NC(CCc1ccc(O)cc1)C(=O)N1CCCC1C(=O)NC(C=O)CCCN=C(N)N. The van der Waals surface area contributed by atoms with Gasteiger partial charge in [-0.25, -0.2) is 0 Å². The first-order chi connectivity index (χ1) is 22.0. The van der Waals surface area contributed by atoms with E-state index in [0.29, 0.717) is 50.5 Å². The Morgan fingerprint density at radius 3 is 2.22 bits per heavy atom. The normalized spacial score (nSPS) is 16.0. The van der Waals surface area contributed by atoms with Gasteiger partial charge in [0.15, 0.2) is 12.1 Å². The number of aryl methyl sites for hydroxylation is 1. The molecule has 1 heterocycles. The van der Waals surface area contributed by atoms with Crippen molar-refractivity contribution in [3.05, 3.63) is 59.7 Å². The van der Waals surface area contributed by atoms with Gasteiger partial charge in [-0.2, -0.15) is 0 Å². The van der Waals surface area contributed by atoms with Crippen LogP contribution in [0, 0.1) is 0 Å². The summed E-state index contributed by atoms with van der Waals surface area (Å²) in [5.41, 5.74) is 12.1. The summed E-state index contributed by atoms with van der Waals surface area (Å²) in [6, 6.07) is 9.75. The number of amides is 3. The highest BCUT2D eigenvalue weighted by molar-refractivity contribution is 5.94. The van der Waals surface area contributed by atoms with Crippen molar-refractivity contribution in [3.8, 4) is 11.5 Å². The minimum Gasteiger partial charge on any atom is -0.508 e. The van der Waals surface area contributed by atoms with E-state index in [2.05, 4.69) is 15.6 Å². The number of carbonyl (C=O) groups is 5. The maximum Gasteiger partial charge on any atom is 0.303 e. The Labute approximate surface area is 267 Å². The number of nitrogens with two attached hydrogens (primary N) is 2. The van der Waals surface area contributed by atoms with Crippen molar-refractivity contribution in [2.24, 2.45) is 16.5 Å². The smallest absolute Gasteiger partial charge is 0.303 e. The van der Waals surface area contributed by atoms with E-state index in [0.717, 1.165) is 5.56 Å². The van der Waals surface area contributed by atoms with Crippen molar-refractivity contribution in [3.63, 3.8) is 0 Å². The number of aliphatic imine (C=N–C) groups is 1. The van der Waals surface area contributed by atoms with E-state index in [1.54, 1.807) is 24.3 Å². The molecule has 2 aromatic rings. The standard InChI is InChI=1S/C32H42N6O8/c1-20(40)46-28(18-22-8-13-25(42)14-9-22)30(44)37-26(15-10-21-6-11-24(41)12-7-21)31(45)38-17-3-5-27(38)29(43)36-23(19-39)4-2-16-35-32(33)34/h6-9,11-14,19,23,26-28,41-42H,2-5,10,15-18H2,1H3,(H,36,43)(H,37,44)(H4,33,34,35). The molecular formula is C32H42N6O8. The molecule has 4 unspecified atom stereocenters. The topological polar surface area (TPSA) is 227 Å². The summed E-state index contributed by atoms with van der Waals surface area (Å²) in [5.74, 6) is -2.33. The van der Waals surface area contributed by atoms with Crippen LogP contribution >= 0.6 is 0 Å². The number of nitrogens with zero attached hydrogens (tertiary/aromatic N) is 2. The molecule has 248 valence electrons. The van der Waals surface area contributed by atoms with E-state index in [4.69, 9.17) is 16.2 Å². The predicted octanol–water partition coefficient (Wildman–Crippen LogP) is 0.418. The molecule has 4 atom stereocenters. The fraction of sp³-hybridized carbons (Fsp3) is 0.438. The molecule has 46 heavy (non-hydrogen) atoms. The number of likely N-dealkylation sites (tertiary alicyclic amines) is 1. The average Bonchev–Trinajstić information content (AvgIpc) is 3.52. The third-order valence-corrected chi connectivity index (χ3v) is 7.53. The number of rotatable bonds is 16. The molecule has 1 saturated heterocycles. The molecular weight excluding hydrogens is 596 g/mol. The first-order valence-electron chi connectivity index (χ1n) is 15.1. The molecule has 0 spiro atoms. The van der Waals surface area contributed by atoms with Crippen LogP contribution in [0.3, 0.4) is 0 Å². The number of benzene rings is 2. The van der Waals surface area contributed by atoms with Crippen LogP contribution in [0.2, 0.25) is 0 Å². The molecule has 14 heteroatoms. The Hall–Kier alpha value is -5.14. The summed E-state index contributed by atoms with van der Waals surface area (Å²) < 4.78 is 5.31. The molecule has 0 radical (unpaired) electrons. The van der Waals surface area contributed by atoms with Crippen molar-refractivity contribution in [1.82, 2.24) is 15.5 Å². The number of aromatic hydroxyl groups is 2. The Bertz CT molecular complexity index is 1380. The molecule has 1 aliphatic heterocycles. The number of guanidine groups is 1. The van der Waals surface area contributed by atoms with Gasteiger partial charge >= 0.3 is 5.97 Å². The van der Waals surface area contributed by atoms with Gasteiger partial charge in [-0.3, -0.25) is 24.2 Å². The lowest BCUT2D eigenvalue weighted by Crippen LogP contribution is -2.56. The third-order valence-electron chi connectivity index (χ3n) is 7.53. The maximum absolute atomic E-state index is 14.0. The quantitative estimate of drug-likeness (QED) is 0.0488. The molecule has 2 aromatic carbocycles. The highest BCUT2D eigenvalue weighted by Gasteiger charge is 2.39. The number of esters is 1. The van der Waals surface area contributed by atoms with Crippen LogP contribution in [0.15, 0.2) is 53.5 Å². The largest absolute Gasteiger partial charge is 0.508 e. The van der Waals surface area contributed by atoms with Gasteiger partial charge in [-0.15, -0.1) is 0 Å². The first-order valence-corrected chi connectivity index (χ1v) is 15.1. The summed E-state index contributed by atoms with van der Waals surface area (Å²) in [4.78, 5) is 69.6. The van der Waals surface area contributed by atoms with Gasteiger partial charge in [0.2, 0.25) is 11.8 Å². The average molecular weight is 639 g/mol. The van der Waals surface area contributed by atoms with Crippen molar-refractivity contribution in [2.45, 2.75) is 76.1 Å². The second-order valence-electron chi connectivity index (χ2n) is 11.1. The van der Waals surface area contributed by atoms with Crippen LogP contribution in [-0.2, 0) is 41.6 Å². The molecule has 1 fully saturated rings. The maximum atomic E-state index is 14.0. The van der Waals surface area contributed by atoms with Gasteiger partial charge < -0.3 is 46.7 Å². The number of phenols is 2. The van der Waals surface area contributed by atoms with Crippen molar-refractivity contribution in [2.75, 3.05) is 13.1 Å². The molecule has 1 aliphatic rings. The highest BCUT2D eigenvalue weighted by Crippen LogP contribution is 2.21. The van der Waals surface area contributed by atoms with Gasteiger partial charge in [0.05, 0.1) is 6.04 Å². The van der Waals surface area contributed by atoms with E-state index in [1.165, 1.54) is 36.1 Å². The lowest BCUT2D eigenvalue weighted by molar-refractivity contribution is -0.154. The summed E-state index contributed by atoms with van der Waals surface area (Å²) in [5, 5.41) is 24.7. The van der Waals surface area contributed by atoms with Gasteiger partial charge in [0, 0.05) is 26.4 Å². The molecule has 3 rings (SSSR count). The molecule has 14 nitrogen and oxygen atoms in total. The molecule has 3 amide bonds. The fourth-order valence-electron chi connectivity index (χ4n) is 5.21. The number of nitrogens with one attached hydrogen (secondary N) is 2. The zero-order valence-electron chi connectivity index (χ0n) is 25.8. The molecule has 8 N–H and O–H groups in total. The zero-order chi connectivity index (χ0) is 33.6. The van der Waals surface area contributed by atoms with Crippen molar-refractivity contribution in [1.29, 1.82) is 0 Å². The van der Waals surface area contributed by atoms with Crippen LogP contribution < -0.4 is 22.1 Å². The summed E-state index contributed by atoms with van der Waals surface area (Å²) in [6.45, 7) is 1.73. The Kier molecular flexibility index (Phi) is 13.3. The molecule has 0 aromatic heterocycles. The summed E-state index contributed by atoms with van der Waals surface area (Å²) in [7, 11) is 0. The molecule has 0 aliphatic carbocycles. The Morgan fingerprint density at radius 1 is 1.00 bits per heavy atom. The predicted molar refractivity (Wildman–Crippen MR) is 168 cm³/mol. The first kappa shape index (κ1) is 35.3. The lowest BCUT2D eigenvalue weighted by atomic mass is 10.0. The van der Waals surface area contributed by atoms with Crippen molar-refractivity contribution >= 4 is 35.9 Å². The Balaban J connectivity index is 1.77. The number of aldehydes is 1. The van der Waals surface area contributed by atoms with Gasteiger partial charge in [-0.1, -0.05) is 24.3 Å². The van der Waals surface area contributed by atoms with Crippen LogP contribution in [0.1, 0.15) is 50.2 Å². The second-order valence-corrected chi connectivity index (χ2v) is 11.1. The number of hydrogen-bond donors (Lipinski definition) is 6. The number of hydrogen-bond acceptors (Lipinski definition) is 9. The third kappa shape index (κ3) is 11.1. The van der Waals surface area contributed by atoms with Crippen LogP contribution in [0.4, 0.5) is 0 Å². The minimum atomic E-state index is -1.27. The van der Waals surface area contributed by atoms with Crippen molar-refractivity contribution < 1.29 is 38.9 Å². The minimum absolute atomic E-state index is 0.00439. The van der Waals surface area contributed by atoms with E-state index >= 15 is 0 Å². The lowest BCUT2D eigenvalue weighted by Gasteiger charge is -2.30. The van der Waals surface area contributed by atoms with E-state index in [1.807, 2.05) is 0 Å². The van der Waals surface area contributed by atoms with Gasteiger partial charge in [-0.05, 0) is 73.9 Å². The van der Waals surface area contributed by atoms with E-state index in [9.17, 15) is 34.2 Å². The zero-order valence-corrected chi connectivity index (χ0v) is 25.8. The monoisotopic (exact) mass is 638 g/mol. The number of phenolic OH excluding ortho intramolecular Hbond substituents is 2. The summed E-state index contributed by atoms with van der Waals surface area (Å²) in [6.07, 6.45) is 1.51. The van der Waals surface area contributed by atoms with Crippen LogP contribution in [0.25, 0.3) is 0 Å². The fourth-order valence-corrected chi connectivity index (χ4v) is 5.21. The Morgan fingerprint density at radius 2 is 1.63 bits per heavy atom. The van der Waals surface area contributed by atoms with Crippen LogP contribution in [-0.4, -0.2) is 88.4 Å². The molecule has 0 saturated carbocycles. The van der Waals surface area contributed by atoms with Gasteiger partial charge in [0.1, 0.15) is 29.9 Å². The molecule has 0 bridgehead atoms. The summed E-state index contributed by atoms with van der Waals surface area (Å²) >= 11 is 0. The highest BCUT2D eigenvalue weighted by atomic mass is 16.5. The van der Waals surface area contributed by atoms with Crippen LogP contribution in [0.5, 0.6) is 11.5 Å². The number of ether oxygens (including phenoxy) is 1. The van der Waals surface area contributed by atoms with E-state index in [-0.39, 0.29) is 36.8 Å². The second kappa shape index (κ2) is 17.4. The van der Waals surface area contributed by atoms with E-state index < -0.39 is 47.9 Å². The number of carbonyl (C=O) groups excluding carboxylic acids is 5.